The topological polar surface area (TPSA) is 99.0 Å². The Labute approximate surface area is 233 Å². The van der Waals surface area contributed by atoms with Crippen LogP contribution in [0.15, 0.2) is 36.7 Å². The van der Waals surface area contributed by atoms with Gasteiger partial charge in [-0.2, -0.15) is 18.2 Å². The minimum absolute atomic E-state index is 0.106. The van der Waals surface area contributed by atoms with Crippen LogP contribution in [-0.2, 0) is 22.9 Å². The molecule has 1 aliphatic carbocycles. The number of halogens is 3. The molecule has 2 aliphatic rings. The molecule has 0 unspecified atom stereocenters. The largest absolute Gasteiger partial charge is 0.405 e. The molecule has 212 valence electrons. The Balaban J connectivity index is 1.36. The van der Waals surface area contributed by atoms with E-state index in [0.717, 1.165) is 16.0 Å². The number of aromatic nitrogens is 5. The molecule has 1 saturated carbocycles. The molecule has 0 radical (unpaired) electrons. The molecule has 9 nitrogen and oxygen atoms in total. The van der Waals surface area contributed by atoms with Crippen molar-refractivity contribution in [1.82, 2.24) is 24.5 Å². The Morgan fingerprint density at radius 1 is 1.12 bits per heavy atom. The average Bonchev–Trinajstić information content (AvgIpc) is 3.62. The van der Waals surface area contributed by atoms with Crippen LogP contribution in [0, 0.1) is 12.8 Å². The van der Waals surface area contributed by atoms with Crippen LogP contribution in [0.3, 0.4) is 0 Å². The lowest BCUT2D eigenvalue weighted by atomic mass is 10.0. The maximum atomic E-state index is 13.0. The standard InChI is InChI=1S/C27H30F3N7O2S/c1-14-20(24-35-16-7-5-6-8-18(16)40-24)23(36-25(33-14)32-13-27(28,29)30)34-17-11-15(12-19-31-9-10-37(19)4)21-22(17)39-26(2,3)38-21/h5-10,15,17,21-22H,11-13H2,1-4H3,(H2,32,33,34,36)/t15-,17-,21-,22+/m1/s1. The first-order valence-electron chi connectivity index (χ1n) is 13.1. The summed E-state index contributed by atoms with van der Waals surface area (Å²) < 4.78 is 54.7. The van der Waals surface area contributed by atoms with Crippen molar-refractivity contribution in [2.75, 3.05) is 17.2 Å². The molecule has 2 fully saturated rings. The minimum Gasteiger partial charge on any atom is -0.364 e. The smallest absolute Gasteiger partial charge is 0.364 e. The molecule has 1 aliphatic heterocycles. The van der Waals surface area contributed by atoms with Gasteiger partial charge in [-0.25, -0.2) is 15.0 Å². The van der Waals surface area contributed by atoms with Gasteiger partial charge in [0, 0.05) is 25.9 Å². The first kappa shape index (κ1) is 26.9. The molecule has 4 atom stereocenters. The van der Waals surface area contributed by atoms with Gasteiger partial charge in [-0.3, -0.25) is 0 Å². The molecule has 4 heterocycles. The van der Waals surface area contributed by atoms with Crippen LogP contribution in [0.1, 0.15) is 31.8 Å². The van der Waals surface area contributed by atoms with E-state index in [9.17, 15) is 13.2 Å². The molecule has 3 aromatic heterocycles. The number of nitrogens with zero attached hydrogens (tertiary/aromatic N) is 5. The van der Waals surface area contributed by atoms with Crippen LogP contribution in [0.4, 0.5) is 24.9 Å². The number of nitrogens with one attached hydrogen (secondary N) is 2. The predicted octanol–water partition coefficient (Wildman–Crippen LogP) is 5.33. The monoisotopic (exact) mass is 573 g/mol. The summed E-state index contributed by atoms with van der Waals surface area (Å²) in [6.07, 6.45) is 0.216. The number of ether oxygens (including phenoxy) is 2. The zero-order valence-electron chi connectivity index (χ0n) is 22.5. The molecule has 0 amide bonds. The summed E-state index contributed by atoms with van der Waals surface area (Å²) in [5.74, 6) is 0.592. The van der Waals surface area contributed by atoms with Gasteiger partial charge in [-0.05, 0) is 45.2 Å². The van der Waals surface area contributed by atoms with Crippen LogP contribution in [0.25, 0.3) is 20.8 Å². The first-order chi connectivity index (χ1) is 19.0. The zero-order valence-corrected chi connectivity index (χ0v) is 23.3. The molecule has 40 heavy (non-hydrogen) atoms. The summed E-state index contributed by atoms with van der Waals surface area (Å²) in [5, 5.41) is 6.54. The third-order valence-electron chi connectivity index (χ3n) is 7.31. The summed E-state index contributed by atoms with van der Waals surface area (Å²) in [7, 11) is 1.96. The molecule has 2 N–H and O–H groups in total. The second kappa shape index (κ2) is 9.96. The first-order valence-corrected chi connectivity index (χ1v) is 13.9. The number of anilines is 2. The van der Waals surface area contributed by atoms with E-state index in [-0.39, 0.29) is 30.1 Å². The highest BCUT2D eigenvalue weighted by molar-refractivity contribution is 7.21. The number of aryl methyl sites for hydroxylation is 2. The Morgan fingerprint density at radius 3 is 2.62 bits per heavy atom. The molecule has 1 saturated heterocycles. The van der Waals surface area contributed by atoms with E-state index < -0.39 is 18.5 Å². The SMILES string of the molecule is Cc1nc(NCC(F)(F)F)nc(N[C@@H]2C[C@H](Cc3nccn3C)[C@H]3OC(C)(C)O[C@H]32)c1-c1nc2ccccc2s1. The molecule has 13 heteroatoms. The van der Waals surface area contributed by atoms with Crippen LogP contribution in [0.5, 0.6) is 0 Å². The maximum absolute atomic E-state index is 13.0. The third kappa shape index (κ3) is 5.37. The second-order valence-corrected chi connectivity index (χ2v) is 11.8. The van der Waals surface area contributed by atoms with Crippen molar-refractivity contribution in [2.45, 2.75) is 63.8 Å². The normalized spacial score (nSPS) is 24.0. The summed E-state index contributed by atoms with van der Waals surface area (Å²) in [5.41, 5.74) is 2.00. The summed E-state index contributed by atoms with van der Waals surface area (Å²) in [6, 6.07) is 7.55. The summed E-state index contributed by atoms with van der Waals surface area (Å²) >= 11 is 1.49. The number of fused-ring (bicyclic) bond motifs is 2. The average molecular weight is 574 g/mol. The van der Waals surface area contributed by atoms with Gasteiger partial charge in [0.1, 0.15) is 29.3 Å². The fourth-order valence-corrected chi connectivity index (χ4v) is 6.67. The van der Waals surface area contributed by atoms with Crippen molar-refractivity contribution in [3.63, 3.8) is 0 Å². The van der Waals surface area contributed by atoms with Gasteiger partial charge in [-0.1, -0.05) is 12.1 Å². The summed E-state index contributed by atoms with van der Waals surface area (Å²) in [4.78, 5) is 18.2. The predicted molar refractivity (Wildman–Crippen MR) is 146 cm³/mol. The van der Waals surface area contributed by atoms with Gasteiger partial charge < -0.3 is 24.7 Å². The van der Waals surface area contributed by atoms with Gasteiger partial charge in [-0.15, -0.1) is 11.3 Å². The number of para-hydroxylation sites is 1. The molecular weight excluding hydrogens is 543 g/mol. The van der Waals surface area contributed by atoms with Gasteiger partial charge in [0.2, 0.25) is 5.95 Å². The number of benzene rings is 1. The molecule has 0 spiro atoms. The molecular formula is C27H30F3N7O2S. The van der Waals surface area contributed by atoms with Crippen LogP contribution in [0.2, 0.25) is 0 Å². The number of hydrogen-bond acceptors (Lipinski definition) is 9. The highest BCUT2D eigenvalue weighted by atomic mass is 32.1. The van der Waals surface area contributed by atoms with Crippen molar-refractivity contribution in [3.8, 4) is 10.6 Å². The fraction of sp³-hybridized carbons (Fsp3) is 0.481. The Kier molecular flexibility index (Phi) is 6.70. The van der Waals surface area contributed by atoms with Crippen LogP contribution in [-0.4, -0.2) is 61.3 Å². The van der Waals surface area contributed by atoms with E-state index in [1.54, 1.807) is 13.1 Å². The summed E-state index contributed by atoms with van der Waals surface area (Å²) in [6.45, 7) is 4.30. The molecule has 6 rings (SSSR count). The molecule has 4 aromatic rings. The van der Waals surface area contributed by atoms with E-state index >= 15 is 0 Å². The van der Waals surface area contributed by atoms with Gasteiger partial charge in [0.15, 0.2) is 5.79 Å². The zero-order chi connectivity index (χ0) is 28.2. The van der Waals surface area contributed by atoms with Crippen molar-refractivity contribution >= 4 is 33.3 Å². The van der Waals surface area contributed by atoms with E-state index in [4.69, 9.17) is 14.5 Å². The van der Waals surface area contributed by atoms with Gasteiger partial charge >= 0.3 is 6.18 Å². The number of imidazole rings is 1. The highest BCUT2D eigenvalue weighted by Gasteiger charge is 2.54. The van der Waals surface area contributed by atoms with Crippen LogP contribution >= 0.6 is 11.3 Å². The van der Waals surface area contributed by atoms with Gasteiger partial charge in [0.25, 0.3) is 0 Å². The lowest BCUT2D eigenvalue weighted by Crippen LogP contribution is -2.35. The Morgan fingerprint density at radius 2 is 1.90 bits per heavy atom. The fourth-order valence-electron chi connectivity index (χ4n) is 5.60. The Bertz CT molecular complexity index is 1500. The maximum Gasteiger partial charge on any atom is 0.405 e. The van der Waals surface area contributed by atoms with E-state index in [2.05, 4.69) is 25.6 Å². The highest BCUT2D eigenvalue weighted by Crippen LogP contribution is 2.45. The van der Waals surface area contributed by atoms with Gasteiger partial charge in [0.05, 0.1) is 33.6 Å². The van der Waals surface area contributed by atoms with Crippen molar-refractivity contribution in [1.29, 1.82) is 0 Å². The molecule has 0 bridgehead atoms. The quantitative estimate of drug-likeness (QED) is 0.306. The molecule has 1 aromatic carbocycles. The number of rotatable bonds is 7. The van der Waals surface area contributed by atoms with Crippen LogP contribution < -0.4 is 10.6 Å². The van der Waals surface area contributed by atoms with Crippen molar-refractivity contribution < 1.29 is 22.6 Å². The third-order valence-corrected chi connectivity index (χ3v) is 8.37. The van der Waals surface area contributed by atoms with E-state index in [1.165, 1.54) is 11.3 Å². The van der Waals surface area contributed by atoms with E-state index in [1.807, 2.05) is 55.9 Å². The minimum atomic E-state index is -4.41. The van der Waals surface area contributed by atoms with Crippen molar-refractivity contribution in [3.05, 3.63) is 48.2 Å². The number of hydrogen-bond donors (Lipinski definition) is 2. The number of alkyl halides is 3. The van der Waals surface area contributed by atoms with E-state index in [0.29, 0.717) is 34.9 Å². The number of thiazole rings is 1. The lowest BCUT2D eigenvalue weighted by Gasteiger charge is -2.25. The lowest BCUT2D eigenvalue weighted by molar-refractivity contribution is -0.157. The Hall–Kier alpha value is -3.29. The van der Waals surface area contributed by atoms with Crippen molar-refractivity contribution in [2.24, 2.45) is 13.0 Å². The second-order valence-electron chi connectivity index (χ2n) is 10.8.